The summed E-state index contributed by atoms with van der Waals surface area (Å²) in [5.74, 6) is -3.95. The molecule has 1 saturated carbocycles. The predicted octanol–water partition coefficient (Wildman–Crippen LogP) is 0.192. The van der Waals surface area contributed by atoms with E-state index in [0.29, 0.717) is 25.7 Å². The molecule has 96 valence electrons. The van der Waals surface area contributed by atoms with Gasteiger partial charge in [-0.05, 0) is 25.7 Å². The van der Waals surface area contributed by atoms with Crippen molar-refractivity contribution in [3.8, 4) is 0 Å². The molecule has 0 aromatic carbocycles. The third kappa shape index (κ3) is 1.72. The standard InChI is InChI=1S/C12H12O6/c13-9-5-1-6(10(14)17-9)4-8-2-7(3-5)11(15)18-12(8)16/h5-8H,1-4H2. The SMILES string of the molecule is O=C1OC(=O)C2CC1CC1CC(C2)C(=O)OC1=O. The van der Waals surface area contributed by atoms with Crippen LogP contribution in [0, 0.1) is 23.7 Å². The molecular formula is C12H12O6. The van der Waals surface area contributed by atoms with Crippen LogP contribution in [0.5, 0.6) is 0 Å². The number of fused-ring (bicyclic) bond motifs is 4. The van der Waals surface area contributed by atoms with Gasteiger partial charge in [0.15, 0.2) is 0 Å². The molecule has 0 aromatic rings. The summed E-state index contributed by atoms with van der Waals surface area (Å²) < 4.78 is 9.37. The molecule has 6 heteroatoms. The lowest BCUT2D eigenvalue weighted by Gasteiger charge is -2.36. The van der Waals surface area contributed by atoms with Crippen LogP contribution in [-0.4, -0.2) is 23.9 Å². The number of hydrogen-bond acceptors (Lipinski definition) is 6. The number of esters is 4. The molecule has 3 aliphatic rings. The average Bonchev–Trinajstić information content (AvgIpc) is 2.26. The van der Waals surface area contributed by atoms with Gasteiger partial charge in [-0.2, -0.15) is 0 Å². The van der Waals surface area contributed by atoms with E-state index in [0.717, 1.165) is 0 Å². The molecule has 1 aliphatic carbocycles. The molecular weight excluding hydrogens is 240 g/mol. The number of rotatable bonds is 0. The minimum atomic E-state index is -0.556. The van der Waals surface area contributed by atoms with Gasteiger partial charge in [0, 0.05) is 0 Å². The second-order valence-electron chi connectivity index (χ2n) is 5.21. The maximum absolute atomic E-state index is 11.6. The van der Waals surface area contributed by atoms with E-state index in [4.69, 9.17) is 0 Å². The topological polar surface area (TPSA) is 86.7 Å². The van der Waals surface area contributed by atoms with Gasteiger partial charge in [-0.15, -0.1) is 0 Å². The van der Waals surface area contributed by atoms with Crippen molar-refractivity contribution in [1.82, 2.24) is 0 Å². The Morgan fingerprint density at radius 2 is 0.778 bits per heavy atom. The quantitative estimate of drug-likeness (QED) is 0.452. The Kier molecular flexibility index (Phi) is 2.46. The van der Waals surface area contributed by atoms with Crippen LogP contribution in [0.25, 0.3) is 0 Å². The zero-order chi connectivity index (χ0) is 12.9. The van der Waals surface area contributed by atoms with Gasteiger partial charge >= 0.3 is 23.9 Å². The molecule has 2 saturated heterocycles. The number of carbonyl (C=O) groups excluding carboxylic acids is 4. The van der Waals surface area contributed by atoms with Gasteiger partial charge in [0.05, 0.1) is 23.7 Å². The van der Waals surface area contributed by atoms with Crippen molar-refractivity contribution < 1.29 is 28.7 Å². The van der Waals surface area contributed by atoms with Gasteiger partial charge in [0.25, 0.3) is 0 Å². The fraction of sp³-hybridized carbons (Fsp3) is 0.667. The van der Waals surface area contributed by atoms with Crippen molar-refractivity contribution in [2.75, 3.05) is 0 Å². The van der Waals surface area contributed by atoms with Crippen LogP contribution < -0.4 is 0 Å². The molecule has 4 bridgehead atoms. The normalized spacial score (nSPS) is 39.6. The molecule has 2 heterocycles. The van der Waals surface area contributed by atoms with Crippen molar-refractivity contribution in [2.24, 2.45) is 23.7 Å². The van der Waals surface area contributed by atoms with E-state index in [2.05, 4.69) is 9.47 Å². The Morgan fingerprint density at radius 3 is 1.00 bits per heavy atom. The predicted molar refractivity (Wildman–Crippen MR) is 54.6 cm³/mol. The maximum Gasteiger partial charge on any atom is 0.316 e. The third-order valence-corrected chi connectivity index (χ3v) is 4.01. The monoisotopic (exact) mass is 252 g/mol. The van der Waals surface area contributed by atoms with Gasteiger partial charge in [0.2, 0.25) is 0 Å². The van der Waals surface area contributed by atoms with Crippen LogP contribution in [0.1, 0.15) is 25.7 Å². The van der Waals surface area contributed by atoms with E-state index in [-0.39, 0.29) is 0 Å². The van der Waals surface area contributed by atoms with Gasteiger partial charge in [-0.25, -0.2) is 0 Å². The van der Waals surface area contributed by atoms with Crippen molar-refractivity contribution in [2.45, 2.75) is 25.7 Å². The summed E-state index contributed by atoms with van der Waals surface area (Å²) in [7, 11) is 0. The van der Waals surface area contributed by atoms with E-state index in [1.807, 2.05) is 0 Å². The molecule has 0 spiro atoms. The van der Waals surface area contributed by atoms with Crippen LogP contribution >= 0.6 is 0 Å². The summed E-state index contributed by atoms with van der Waals surface area (Å²) in [5, 5.41) is 0. The first-order valence-electron chi connectivity index (χ1n) is 6.05. The molecule has 6 nitrogen and oxygen atoms in total. The molecule has 0 atom stereocenters. The van der Waals surface area contributed by atoms with Crippen molar-refractivity contribution in [3.63, 3.8) is 0 Å². The molecule has 3 fully saturated rings. The Bertz CT molecular complexity index is 375. The van der Waals surface area contributed by atoms with Crippen molar-refractivity contribution in [1.29, 1.82) is 0 Å². The highest BCUT2D eigenvalue weighted by molar-refractivity contribution is 5.94. The Morgan fingerprint density at radius 1 is 0.556 bits per heavy atom. The molecule has 18 heavy (non-hydrogen) atoms. The summed E-state index contributed by atoms with van der Waals surface area (Å²) in [6.45, 7) is 0. The maximum atomic E-state index is 11.6. The first-order valence-corrected chi connectivity index (χ1v) is 6.05. The van der Waals surface area contributed by atoms with Crippen molar-refractivity contribution in [3.05, 3.63) is 0 Å². The van der Waals surface area contributed by atoms with E-state index in [1.54, 1.807) is 0 Å². The Hall–Kier alpha value is -1.72. The Labute approximate surface area is 103 Å². The third-order valence-electron chi connectivity index (χ3n) is 4.01. The first-order chi connectivity index (χ1) is 8.54. The molecule has 0 aromatic heterocycles. The Balaban J connectivity index is 1.90. The fourth-order valence-electron chi connectivity index (χ4n) is 3.06. The van der Waals surface area contributed by atoms with Gasteiger partial charge in [0.1, 0.15) is 0 Å². The van der Waals surface area contributed by atoms with Crippen LogP contribution in [0.2, 0.25) is 0 Å². The lowest BCUT2D eigenvalue weighted by atomic mass is 9.73. The van der Waals surface area contributed by atoms with Gasteiger partial charge in [-0.1, -0.05) is 0 Å². The fourth-order valence-corrected chi connectivity index (χ4v) is 3.06. The minimum absolute atomic E-state index is 0.311. The molecule has 3 rings (SSSR count). The summed E-state index contributed by atoms with van der Waals surface area (Å²) in [5.41, 5.74) is 0. The highest BCUT2D eigenvalue weighted by Gasteiger charge is 2.47. The van der Waals surface area contributed by atoms with Crippen LogP contribution in [0.15, 0.2) is 0 Å². The lowest BCUT2D eigenvalue weighted by Crippen LogP contribution is -2.44. The largest absolute Gasteiger partial charge is 0.393 e. The first kappa shape index (κ1) is 11.4. The zero-order valence-corrected chi connectivity index (χ0v) is 9.59. The van der Waals surface area contributed by atoms with E-state index in [9.17, 15) is 19.2 Å². The summed E-state index contributed by atoms with van der Waals surface area (Å²) in [6, 6.07) is 0. The second kappa shape index (κ2) is 3.90. The van der Waals surface area contributed by atoms with Gasteiger partial charge in [-0.3, -0.25) is 19.2 Å². The average molecular weight is 252 g/mol. The molecule has 0 amide bonds. The minimum Gasteiger partial charge on any atom is -0.393 e. The van der Waals surface area contributed by atoms with E-state index >= 15 is 0 Å². The van der Waals surface area contributed by atoms with E-state index in [1.165, 1.54) is 0 Å². The highest BCUT2D eigenvalue weighted by Crippen LogP contribution is 2.40. The van der Waals surface area contributed by atoms with Gasteiger partial charge < -0.3 is 9.47 Å². The zero-order valence-electron chi connectivity index (χ0n) is 9.59. The van der Waals surface area contributed by atoms with E-state index < -0.39 is 47.5 Å². The van der Waals surface area contributed by atoms with Crippen LogP contribution in [0.3, 0.4) is 0 Å². The summed E-state index contributed by atoms with van der Waals surface area (Å²) >= 11 is 0. The van der Waals surface area contributed by atoms with Crippen LogP contribution in [0.4, 0.5) is 0 Å². The molecule has 0 N–H and O–H groups in total. The highest BCUT2D eigenvalue weighted by atomic mass is 16.6. The summed E-state index contributed by atoms with van der Waals surface area (Å²) in [6.07, 6.45) is 1.38. The number of hydrogen-bond donors (Lipinski definition) is 0. The smallest absolute Gasteiger partial charge is 0.316 e. The second-order valence-corrected chi connectivity index (χ2v) is 5.21. The van der Waals surface area contributed by atoms with Crippen molar-refractivity contribution >= 4 is 23.9 Å². The molecule has 2 aliphatic heterocycles. The summed E-state index contributed by atoms with van der Waals surface area (Å²) in [4.78, 5) is 46.2. The number of carbonyl (C=O) groups is 4. The number of ether oxygens (including phenoxy) is 2. The van der Waals surface area contributed by atoms with Crippen LogP contribution in [-0.2, 0) is 28.7 Å². The number of cyclic esters (lactones) is 4. The molecule has 0 radical (unpaired) electrons. The molecule has 0 unspecified atom stereocenters. The lowest BCUT2D eigenvalue weighted by molar-refractivity contribution is -0.180.